The number of hydrogen-bond donors (Lipinski definition) is 4. The maximum Gasteiger partial charge on any atom is 0.0781 e. The largest absolute Gasteiger partial charge is 0.394 e. The minimum Gasteiger partial charge on any atom is -0.394 e. The molecule has 0 aromatic carbocycles. The van der Waals surface area contributed by atoms with Crippen LogP contribution in [0, 0.1) is 0 Å². The Kier molecular flexibility index (Phi) is 17.6. The van der Waals surface area contributed by atoms with E-state index in [9.17, 15) is 0 Å². The highest BCUT2D eigenvalue weighted by atomic mass is 16.6. The van der Waals surface area contributed by atoms with E-state index in [4.69, 9.17) is 34.6 Å². The molecule has 0 radical (unpaired) electrons. The zero-order valence-electron chi connectivity index (χ0n) is 13.6. The van der Waals surface area contributed by atoms with Crippen LogP contribution in [-0.4, -0.2) is 84.5 Å². The average Bonchev–Trinajstić information content (AvgIpc) is 2.42. The Bertz CT molecular complexity index is 198. The van der Waals surface area contributed by atoms with E-state index < -0.39 is 12.2 Å². The van der Waals surface area contributed by atoms with Crippen LogP contribution in [0.25, 0.3) is 0 Å². The van der Waals surface area contributed by atoms with Gasteiger partial charge in [0.2, 0.25) is 0 Å². The summed E-state index contributed by atoms with van der Waals surface area (Å²) < 4.78 is 16.1. The van der Waals surface area contributed by atoms with Gasteiger partial charge in [-0.05, 0) is 27.7 Å². The molecule has 0 aromatic rings. The minimum atomic E-state index is -0.454. The highest BCUT2D eigenvalue weighted by Gasteiger charge is 2.08. The highest BCUT2D eigenvalue weighted by molar-refractivity contribution is 4.54. The molecule has 4 atom stereocenters. The second-order valence-electron chi connectivity index (χ2n) is 4.97. The van der Waals surface area contributed by atoms with Gasteiger partial charge in [0.05, 0.1) is 64.1 Å². The van der Waals surface area contributed by atoms with Crippen LogP contribution in [0.15, 0.2) is 0 Å². The van der Waals surface area contributed by atoms with E-state index in [1.807, 2.05) is 13.8 Å². The maximum absolute atomic E-state index is 9.04. The zero-order valence-corrected chi connectivity index (χ0v) is 13.6. The summed E-state index contributed by atoms with van der Waals surface area (Å²) in [6, 6.07) is 0. The molecular formula is C14H32O7. The van der Waals surface area contributed by atoms with Crippen molar-refractivity contribution in [1.82, 2.24) is 0 Å². The van der Waals surface area contributed by atoms with Crippen molar-refractivity contribution in [3.05, 3.63) is 0 Å². The Hall–Kier alpha value is -0.280. The van der Waals surface area contributed by atoms with Gasteiger partial charge >= 0.3 is 0 Å². The fraction of sp³-hybridized carbons (Fsp3) is 1.00. The number of aliphatic hydroxyl groups excluding tert-OH is 4. The molecule has 0 aliphatic rings. The Morgan fingerprint density at radius 2 is 1.10 bits per heavy atom. The summed E-state index contributed by atoms with van der Waals surface area (Å²) in [7, 11) is 0. The van der Waals surface area contributed by atoms with E-state index in [-0.39, 0.29) is 25.4 Å². The summed E-state index contributed by atoms with van der Waals surface area (Å²) in [5.41, 5.74) is 0. The fourth-order valence-corrected chi connectivity index (χ4v) is 1.10. The summed E-state index contributed by atoms with van der Waals surface area (Å²) in [6.07, 6.45) is -0.991. The third kappa shape index (κ3) is 22.1. The first-order valence-electron chi connectivity index (χ1n) is 7.22. The van der Waals surface area contributed by atoms with Crippen LogP contribution >= 0.6 is 0 Å². The molecule has 21 heavy (non-hydrogen) atoms. The lowest BCUT2D eigenvalue weighted by Crippen LogP contribution is -2.26. The first kappa shape index (κ1) is 23.0. The predicted octanol–water partition coefficient (Wildman–Crippen LogP) is -0.454. The number of hydrogen-bond acceptors (Lipinski definition) is 7. The molecule has 4 N–H and O–H groups in total. The maximum atomic E-state index is 9.04. The quantitative estimate of drug-likeness (QED) is 0.409. The molecule has 4 unspecified atom stereocenters. The van der Waals surface area contributed by atoms with E-state index in [1.54, 1.807) is 13.8 Å². The highest BCUT2D eigenvalue weighted by Crippen LogP contribution is 1.99. The van der Waals surface area contributed by atoms with Crippen molar-refractivity contribution in [2.75, 3.05) is 39.6 Å². The van der Waals surface area contributed by atoms with Crippen LogP contribution in [0.1, 0.15) is 27.7 Å². The van der Waals surface area contributed by atoms with Gasteiger partial charge in [0.15, 0.2) is 0 Å². The lowest BCUT2D eigenvalue weighted by molar-refractivity contribution is -0.0753. The lowest BCUT2D eigenvalue weighted by Gasteiger charge is -2.18. The molecule has 0 spiro atoms. The monoisotopic (exact) mass is 312 g/mol. The molecule has 130 valence electrons. The number of rotatable bonds is 11. The standard InChI is InChI=1S/C12H26O5.C2H6O2/c1-9(13)5-15-7-11(3)17-8-12(4)16-6-10(2)14;3-1-2-4/h9-14H,5-8H2,1-4H3;3-4H,1-2H2. The predicted molar refractivity (Wildman–Crippen MR) is 79.2 cm³/mol. The SMILES string of the molecule is CC(O)COCC(C)OCC(C)OCC(C)O.OCCO. The van der Waals surface area contributed by atoms with Crippen molar-refractivity contribution in [3.8, 4) is 0 Å². The Morgan fingerprint density at radius 1 is 0.667 bits per heavy atom. The zero-order chi connectivity index (χ0) is 16.7. The Morgan fingerprint density at radius 3 is 1.52 bits per heavy atom. The summed E-state index contributed by atoms with van der Waals surface area (Å²) in [5, 5.41) is 33.3. The van der Waals surface area contributed by atoms with Crippen molar-refractivity contribution < 1.29 is 34.6 Å². The summed E-state index contributed by atoms with van der Waals surface area (Å²) in [6.45, 7) is 8.46. The van der Waals surface area contributed by atoms with Crippen molar-refractivity contribution in [2.45, 2.75) is 52.1 Å². The lowest BCUT2D eigenvalue weighted by atomic mass is 10.4. The second-order valence-corrected chi connectivity index (χ2v) is 4.97. The van der Waals surface area contributed by atoms with Gasteiger partial charge in [-0.25, -0.2) is 0 Å². The Labute approximate surface area is 127 Å². The molecule has 0 bridgehead atoms. The van der Waals surface area contributed by atoms with Gasteiger partial charge in [-0.15, -0.1) is 0 Å². The molecule has 0 saturated carbocycles. The summed E-state index contributed by atoms with van der Waals surface area (Å²) in [4.78, 5) is 0. The van der Waals surface area contributed by atoms with Crippen LogP contribution < -0.4 is 0 Å². The van der Waals surface area contributed by atoms with Gasteiger partial charge in [-0.2, -0.15) is 0 Å². The van der Waals surface area contributed by atoms with Gasteiger partial charge in [-0.1, -0.05) is 0 Å². The molecule has 0 rings (SSSR count). The first-order valence-corrected chi connectivity index (χ1v) is 7.22. The van der Waals surface area contributed by atoms with E-state index in [1.165, 1.54) is 0 Å². The Balaban J connectivity index is 0. The van der Waals surface area contributed by atoms with Crippen molar-refractivity contribution in [1.29, 1.82) is 0 Å². The summed E-state index contributed by atoms with van der Waals surface area (Å²) in [5.74, 6) is 0. The van der Waals surface area contributed by atoms with Crippen LogP contribution in [0.3, 0.4) is 0 Å². The van der Waals surface area contributed by atoms with Crippen molar-refractivity contribution in [2.24, 2.45) is 0 Å². The molecule has 7 nitrogen and oxygen atoms in total. The van der Waals surface area contributed by atoms with Crippen LogP contribution in [-0.2, 0) is 14.2 Å². The first-order chi connectivity index (χ1) is 9.83. The fourth-order valence-electron chi connectivity index (χ4n) is 1.10. The summed E-state index contributed by atoms with van der Waals surface area (Å²) >= 11 is 0. The normalized spacial score (nSPS) is 16.6. The van der Waals surface area contributed by atoms with E-state index in [0.717, 1.165) is 0 Å². The molecule has 0 saturated heterocycles. The molecule has 0 amide bonds. The van der Waals surface area contributed by atoms with Crippen LogP contribution in [0.2, 0.25) is 0 Å². The van der Waals surface area contributed by atoms with E-state index in [2.05, 4.69) is 0 Å². The van der Waals surface area contributed by atoms with Crippen LogP contribution in [0.5, 0.6) is 0 Å². The molecule has 0 aliphatic heterocycles. The van der Waals surface area contributed by atoms with Crippen LogP contribution in [0.4, 0.5) is 0 Å². The number of ether oxygens (including phenoxy) is 3. The minimum absolute atomic E-state index is 0.0358. The second kappa shape index (κ2) is 16.1. The van der Waals surface area contributed by atoms with E-state index >= 15 is 0 Å². The third-order valence-corrected chi connectivity index (χ3v) is 2.05. The van der Waals surface area contributed by atoms with E-state index in [0.29, 0.717) is 26.4 Å². The molecule has 0 aliphatic carbocycles. The van der Waals surface area contributed by atoms with Gasteiger partial charge in [0.25, 0.3) is 0 Å². The van der Waals surface area contributed by atoms with Gasteiger partial charge in [0, 0.05) is 0 Å². The number of aliphatic hydroxyl groups is 4. The smallest absolute Gasteiger partial charge is 0.0781 e. The van der Waals surface area contributed by atoms with Gasteiger partial charge < -0.3 is 34.6 Å². The van der Waals surface area contributed by atoms with Gasteiger partial charge in [0.1, 0.15) is 0 Å². The molecule has 0 heterocycles. The van der Waals surface area contributed by atoms with Gasteiger partial charge in [-0.3, -0.25) is 0 Å². The molecule has 0 aromatic heterocycles. The molecule has 0 fully saturated rings. The average molecular weight is 312 g/mol. The molecule has 7 heteroatoms. The molecular weight excluding hydrogens is 280 g/mol. The topological polar surface area (TPSA) is 109 Å². The third-order valence-electron chi connectivity index (χ3n) is 2.05. The van der Waals surface area contributed by atoms with Crippen molar-refractivity contribution >= 4 is 0 Å². The van der Waals surface area contributed by atoms with Crippen molar-refractivity contribution in [3.63, 3.8) is 0 Å².